The Bertz CT molecular complexity index is 1170. The lowest BCUT2D eigenvalue weighted by Crippen LogP contribution is -2.34. The van der Waals surface area contributed by atoms with Crippen LogP contribution in [-0.2, 0) is 0 Å². The number of amides is 2. The van der Waals surface area contributed by atoms with Crippen LogP contribution in [0.5, 0.6) is 0 Å². The molecule has 5 N–H and O–H groups in total. The molecule has 0 spiro atoms. The number of rotatable bonds is 3. The smallest absolute Gasteiger partial charge is 0.333 e. The predicted octanol–water partition coefficient (Wildman–Crippen LogP) is 4.98. The molecule has 0 saturated heterocycles. The second-order valence-corrected chi connectivity index (χ2v) is 7.76. The highest BCUT2D eigenvalue weighted by atomic mass is 35.5. The summed E-state index contributed by atoms with van der Waals surface area (Å²) >= 11 is 5.93. The van der Waals surface area contributed by atoms with Gasteiger partial charge in [-0.2, -0.15) is 0 Å². The van der Waals surface area contributed by atoms with Gasteiger partial charge in [0.05, 0.1) is 11.0 Å². The van der Waals surface area contributed by atoms with E-state index >= 15 is 0 Å². The molecule has 2 amide bonds. The van der Waals surface area contributed by atoms with Crippen molar-refractivity contribution in [3.05, 3.63) is 98.6 Å². The summed E-state index contributed by atoms with van der Waals surface area (Å²) in [6.45, 7) is 2.06. The average Bonchev–Trinajstić information content (AvgIpc) is 2.80. The Balaban J connectivity index is 0.000000196. The minimum atomic E-state index is -0.584. The molecule has 0 bridgehead atoms. The number of hydrazine groups is 1. The van der Waals surface area contributed by atoms with Crippen molar-refractivity contribution in [3.8, 4) is 0 Å². The second kappa shape index (κ2) is 10.6. The highest BCUT2D eigenvalue weighted by Crippen LogP contribution is 2.34. The molecule has 170 valence electrons. The molecule has 1 heterocycles. The van der Waals surface area contributed by atoms with Gasteiger partial charge in [0.1, 0.15) is 0 Å². The maximum atomic E-state index is 12.2. The van der Waals surface area contributed by atoms with Crippen molar-refractivity contribution in [3.63, 3.8) is 0 Å². The Hall–Kier alpha value is -3.95. The highest BCUT2D eigenvalue weighted by molar-refractivity contribution is 6.31. The van der Waals surface area contributed by atoms with Crippen molar-refractivity contribution in [2.75, 3.05) is 10.6 Å². The molecule has 9 nitrogen and oxygen atoms in total. The molecule has 0 aromatic heterocycles. The Kier molecular flexibility index (Phi) is 7.60. The number of fused-ring (bicyclic) bond motifs is 1. The molecule has 3 aromatic carbocycles. The number of nitrogens with two attached hydrogens (primary N) is 1. The Labute approximate surface area is 195 Å². The molecule has 3 aromatic rings. The van der Waals surface area contributed by atoms with Gasteiger partial charge in [-0.3, -0.25) is 20.3 Å². The van der Waals surface area contributed by atoms with E-state index in [0.29, 0.717) is 22.7 Å². The number of nitro groups is 1. The summed E-state index contributed by atoms with van der Waals surface area (Å²) in [4.78, 5) is 32.7. The summed E-state index contributed by atoms with van der Waals surface area (Å²) in [6, 6.07) is 18.5. The van der Waals surface area contributed by atoms with Gasteiger partial charge in [-0.1, -0.05) is 41.4 Å². The lowest BCUT2D eigenvalue weighted by molar-refractivity contribution is -0.384. The van der Waals surface area contributed by atoms with E-state index in [-0.39, 0.29) is 17.5 Å². The average molecular weight is 468 g/mol. The van der Waals surface area contributed by atoms with Crippen LogP contribution in [0, 0.1) is 17.0 Å². The van der Waals surface area contributed by atoms with E-state index in [4.69, 9.17) is 17.4 Å². The van der Waals surface area contributed by atoms with Crippen molar-refractivity contribution in [2.45, 2.75) is 19.4 Å². The first kappa shape index (κ1) is 23.7. The number of aryl methyl sites for hydroxylation is 1. The maximum absolute atomic E-state index is 12.2. The number of benzene rings is 3. The molecule has 10 heteroatoms. The Morgan fingerprint density at radius 1 is 1.12 bits per heavy atom. The number of anilines is 2. The number of carbonyl (C=O) groups is 2. The van der Waals surface area contributed by atoms with Crippen LogP contribution in [0.1, 0.15) is 33.9 Å². The number of Topliss-reactive ketones (excluding diaryl/α,β-unsaturated/α-hetero) is 1. The molecule has 1 atom stereocenters. The molecule has 1 aliphatic heterocycles. The van der Waals surface area contributed by atoms with Crippen molar-refractivity contribution in [2.24, 2.45) is 5.84 Å². The Morgan fingerprint density at radius 2 is 1.79 bits per heavy atom. The van der Waals surface area contributed by atoms with E-state index in [0.717, 1.165) is 11.3 Å². The summed E-state index contributed by atoms with van der Waals surface area (Å²) < 4.78 is 0. The highest BCUT2D eigenvalue weighted by Gasteiger charge is 2.25. The quantitative estimate of drug-likeness (QED) is 0.185. The molecular formula is C23H22ClN5O4. The van der Waals surface area contributed by atoms with Gasteiger partial charge in [-0.05, 0) is 42.8 Å². The van der Waals surface area contributed by atoms with Gasteiger partial charge in [0.25, 0.3) is 5.69 Å². The predicted molar refractivity (Wildman–Crippen MR) is 127 cm³/mol. The fraction of sp³-hybridized carbons (Fsp3) is 0.130. The SMILES string of the molecule is Cc1ccc(C2CC(=O)c3cc(Cl)ccc3N2)cc1.NNC(=O)Nc1ccc([N+](=O)[O-])cc1. The largest absolute Gasteiger partial charge is 0.377 e. The first-order valence-electron chi connectivity index (χ1n) is 9.94. The van der Waals surface area contributed by atoms with E-state index in [9.17, 15) is 19.7 Å². The van der Waals surface area contributed by atoms with Gasteiger partial charge in [0.15, 0.2) is 5.78 Å². The van der Waals surface area contributed by atoms with E-state index in [2.05, 4.69) is 41.8 Å². The first-order chi connectivity index (χ1) is 15.8. The number of non-ortho nitro benzene ring substituents is 1. The van der Waals surface area contributed by atoms with Gasteiger partial charge in [0.2, 0.25) is 0 Å². The van der Waals surface area contributed by atoms with Crippen LogP contribution < -0.4 is 21.9 Å². The number of hydrogen-bond donors (Lipinski definition) is 4. The molecule has 4 rings (SSSR count). The first-order valence-corrected chi connectivity index (χ1v) is 10.3. The molecule has 0 saturated carbocycles. The van der Waals surface area contributed by atoms with Crippen molar-refractivity contribution in [1.29, 1.82) is 0 Å². The molecular weight excluding hydrogens is 446 g/mol. The zero-order valence-electron chi connectivity index (χ0n) is 17.7. The fourth-order valence-corrected chi connectivity index (χ4v) is 3.41. The van der Waals surface area contributed by atoms with Crippen LogP contribution in [0.4, 0.5) is 21.9 Å². The minimum Gasteiger partial charge on any atom is -0.377 e. The van der Waals surface area contributed by atoms with E-state index < -0.39 is 11.0 Å². The number of ketones is 1. The number of hydrogen-bond acceptors (Lipinski definition) is 6. The monoisotopic (exact) mass is 467 g/mol. The zero-order chi connectivity index (χ0) is 24.0. The third-order valence-electron chi connectivity index (χ3n) is 4.95. The summed E-state index contributed by atoms with van der Waals surface area (Å²) in [5.74, 6) is 4.97. The van der Waals surface area contributed by atoms with Crippen LogP contribution in [0.15, 0.2) is 66.7 Å². The number of nitrogens with zero attached hydrogens (tertiary/aromatic N) is 1. The van der Waals surface area contributed by atoms with Crippen molar-refractivity contribution >= 4 is 40.5 Å². The van der Waals surface area contributed by atoms with E-state index in [1.165, 1.54) is 29.8 Å². The van der Waals surface area contributed by atoms with E-state index in [1.54, 1.807) is 12.1 Å². The van der Waals surface area contributed by atoms with Gasteiger partial charge in [0, 0.05) is 40.5 Å². The number of urea groups is 1. The van der Waals surface area contributed by atoms with Gasteiger partial charge >= 0.3 is 6.03 Å². The lowest BCUT2D eigenvalue weighted by Gasteiger charge is -2.26. The van der Waals surface area contributed by atoms with Crippen molar-refractivity contribution in [1.82, 2.24) is 5.43 Å². The fourth-order valence-electron chi connectivity index (χ4n) is 3.24. The van der Waals surface area contributed by atoms with Gasteiger partial charge in [-0.15, -0.1) is 0 Å². The molecule has 33 heavy (non-hydrogen) atoms. The zero-order valence-corrected chi connectivity index (χ0v) is 18.4. The van der Waals surface area contributed by atoms with Crippen LogP contribution in [0.25, 0.3) is 0 Å². The molecule has 1 aliphatic rings. The lowest BCUT2D eigenvalue weighted by atomic mass is 9.92. The number of halogens is 1. The number of nitrogens with one attached hydrogen (secondary N) is 3. The summed E-state index contributed by atoms with van der Waals surface area (Å²) in [5.41, 5.74) is 6.17. The standard InChI is InChI=1S/C16H14ClNO.C7H8N4O3/c1-10-2-4-11(5-3-10)15-9-16(19)13-8-12(17)6-7-14(13)18-15;8-10-7(12)9-5-1-3-6(4-2-5)11(13)14/h2-8,15,18H,9H2,1H3;1-4H,8H2,(H2,9,10,12). The van der Waals surface area contributed by atoms with Crippen LogP contribution in [0.3, 0.4) is 0 Å². The van der Waals surface area contributed by atoms with Gasteiger partial charge in [-0.25, -0.2) is 10.6 Å². The van der Waals surface area contributed by atoms with Crippen molar-refractivity contribution < 1.29 is 14.5 Å². The third kappa shape index (κ3) is 6.28. The molecule has 1 unspecified atom stereocenters. The maximum Gasteiger partial charge on any atom is 0.333 e. The summed E-state index contributed by atoms with van der Waals surface area (Å²) in [5, 5.41) is 16.6. The minimum absolute atomic E-state index is 0.0382. The molecule has 0 radical (unpaired) electrons. The van der Waals surface area contributed by atoms with Crippen LogP contribution in [0.2, 0.25) is 5.02 Å². The van der Waals surface area contributed by atoms with Crippen LogP contribution in [-0.4, -0.2) is 16.7 Å². The number of carbonyl (C=O) groups excluding carboxylic acids is 2. The normalized spacial score (nSPS) is 14.2. The number of nitro benzene ring substituents is 1. The molecule has 0 fully saturated rings. The van der Waals surface area contributed by atoms with Gasteiger partial charge < -0.3 is 10.6 Å². The summed E-state index contributed by atoms with van der Waals surface area (Å²) in [7, 11) is 0. The molecule has 0 aliphatic carbocycles. The third-order valence-corrected chi connectivity index (χ3v) is 5.18. The van der Waals surface area contributed by atoms with E-state index in [1.807, 2.05) is 11.5 Å². The topological polar surface area (TPSA) is 139 Å². The van der Waals surface area contributed by atoms with Crippen LogP contribution >= 0.6 is 11.6 Å². The Morgan fingerprint density at radius 3 is 2.39 bits per heavy atom. The summed E-state index contributed by atoms with van der Waals surface area (Å²) in [6.07, 6.45) is 0.469. The second-order valence-electron chi connectivity index (χ2n) is 7.33.